The number of nitrogens with one attached hydrogen (secondary N) is 1. The number of aryl methyl sites for hydroxylation is 1. The average Bonchev–Trinajstić information content (AvgIpc) is 3.76. The van der Waals surface area contributed by atoms with Crippen molar-refractivity contribution in [2.45, 2.75) is 102 Å². The zero-order valence-corrected chi connectivity index (χ0v) is 26.0. The van der Waals surface area contributed by atoms with Gasteiger partial charge in [-0.15, -0.1) is 0 Å². The van der Waals surface area contributed by atoms with E-state index in [2.05, 4.69) is 65.4 Å². The number of aliphatic carboxylic acids is 1. The van der Waals surface area contributed by atoms with Crippen molar-refractivity contribution >= 4 is 5.97 Å². The van der Waals surface area contributed by atoms with E-state index in [0.717, 1.165) is 63.6 Å². The fraction of sp³-hybridized carbons (Fsp3) is 0.618. The highest BCUT2D eigenvalue weighted by molar-refractivity contribution is 5.74. The van der Waals surface area contributed by atoms with E-state index in [1.165, 1.54) is 49.7 Å². The summed E-state index contributed by atoms with van der Waals surface area (Å²) in [7, 11) is 2.02. The van der Waals surface area contributed by atoms with Crippen LogP contribution >= 0.6 is 0 Å². The van der Waals surface area contributed by atoms with Gasteiger partial charge in [0.05, 0.1) is 13.1 Å². The molecular weight excluding hydrogens is 538 g/mol. The average molecular weight is 588 g/mol. The van der Waals surface area contributed by atoms with E-state index in [-0.39, 0.29) is 5.41 Å². The molecule has 232 valence electrons. The van der Waals surface area contributed by atoms with Crippen molar-refractivity contribution in [3.8, 4) is 0 Å². The predicted molar refractivity (Wildman–Crippen MR) is 167 cm³/mol. The van der Waals surface area contributed by atoms with E-state index in [9.17, 15) is 9.90 Å². The second-order valence-electron chi connectivity index (χ2n) is 13.5. The van der Waals surface area contributed by atoms with Gasteiger partial charge in [0, 0.05) is 57.0 Å². The Morgan fingerprint density at radius 2 is 1.74 bits per heavy atom. The lowest BCUT2D eigenvalue weighted by Crippen LogP contribution is -2.54. The van der Waals surface area contributed by atoms with Crippen molar-refractivity contribution in [2.24, 2.45) is 12.5 Å². The number of likely N-dealkylation sites (tertiary alicyclic amines) is 2. The molecule has 3 aliphatic rings. The highest BCUT2D eigenvalue weighted by Gasteiger charge is 2.50. The summed E-state index contributed by atoms with van der Waals surface area (Å²) in [4.78, 5) is 32.0. The summed E-state index contributed by atoms with van der Waals surface area (Å²) in [6, 6.07) is 8.35. The van der Waals surface area contributed by atoms with Crippen LogP contribution in [-0.2, 0) is 38.0 Å². The Morgan fingerprint density at radius 1 is 1.00 bits per heavy atom. The number of hydrogen-bond donors (Lipinski definition) is 2. The number of aromatic nitrogens is 4. The largest absolute Gasteiger partial charge is 0.480 e. The lowest BCUT2D eigenvalue weighted by molar-refractivity contribution is -0.142. The van der Waals surface area contributed by atoms with Crippen LogP contribution in [0.1, 0.15) is 87.5 Å². The van der Waals surface area contributed by atoms with Gasteiger partial charge in [-0.05, 0) is 68.2 Å². The van der Waals surface area contributed by atoms with Gasteiger partial charge in [0.15, 0.2) is 0 Å². The maximum Gasteiger partial charge on any atom is 0.320 e. The molecule has 1 aromatic carbocycles. The van der Waals surface area contributed by atoms with Gasteiger partial charge in [-0.1, -0.05) is 50.5 Å². The number of aromatic amines is 1. The number of hydrogen-bond acceptors (Lipinski definition) is 6. The second kappa shape index (κ2) is 12.9. The van der Waals surface area contributed by atoms with Gasteiger partial charge in [0.1, 0.15) is 17.7 Å². The smallest absolute Gasteiger partial charge is 0.320 e. The zero-order valence-electron chi connectivity index (χ0n) is 26.0. The predicted octanol–water partition coefficient (Wildman–Crippen LogP) is 5.20. The van der Waals surface area contributed by atoms with E-state index in [0.29, 0.717) is 18.6 Å². The van der Waals surface area contributed by atoms with E-state index in [1.54, 1.807) is 6.20 Å². The van der Waals surface area contributed by atoms with Gasteiger partial charge in [0.2, 0.25) is 0 Å². The molecule has 4 heterocycles. The number of imidazole rings is 2. The standard InChI is InChI=1S/C34H49N7O2/c1-3-34(11-5-4-6-12-34)41-18-13-33(14-19-41)21-29(32(42)43)40(26-33)23-28-9-7-27(8-10-28)22-39(24-30-35-15-16-36-30)25-31-37-17-20-38(31)2/h7-10,15-17,20,29H,3-6,11-14,18-19,21-26H2,1-2H3,(H,35,36)(H,42,43)/t29-/m0/s1. The Hall–Kier alpha value is -3.01. The molecule has 6 rings (SSSR count). The topological polar surface area (TPSA) is 93.5 Å². The number of carboxylic acid groups (broad SMARTS) is 1. The highest BCUT2D eigenvalue weighted by Crippen LogP contribution is 2.47. The third-order valence-electron chi connectivity index (χ3n) is 10.9. The van der Waals surface area contributed by atoms with E-state index >= 15 is 0 Å². The molecule has 1 saturated carbocycles. The van der Waals surface area contributed by atoms with Crippen molar-refractivity contribution in [3.63, 3.8) is 0 Å². The van der Waals surface area contributed by atoms with Crippen LogP contribution in [0.4, 0.5) is 0 Å². The molecular formula is C34H49N7O2. The summed E-state index contributed by atoms with van der Waals surface area (Å²) in [6.07, 6.45) is 18.5. The van der Waals surface area contributed by atoms with Crippen molar-refractivity contribution in [3.05, 3.63) is 71.8 Å². The number of piperidine rings is 1. The number of nitrogens with zero attached hydrogens (tertiary/aromatic N) is 6. The van der Waals surface area contributed by atoms with E-state index in [4.69, 9.17) is 0 Å². The van der Waals surface area contributed by atoms with Crippen molar-refractivity contribution in [1.82, 2.24) is 34.2 Å². The summed E-state index contributed by atoms with van der Waals surface area (Å²) in [5.41, 5.74) is 2.91. The monoisotopic (exact) mass is 587 g/mol. The zero-order chi connectivity index (χ0) is 29.9. The molecule has 0 amide bonds. The molecule has 9 nitrogen and oxygen atoms in total. The van der Waals surface area contributed by atoms with Gasteiger partial charge in [-0.3, -0.25) is 19.5 Å². The van der Waals surface area contributed by atoms with Crippen LogP contribution < -0.4 is 0 Å². The maximum absolute atomic E-state index is 12.4. The summed E-state index contributed by atoms with van der Waals surface area (Å²) >= 11 is 0. The molecule has 2 N–H and O–H groups in total. The van der Waals surface area contributed by atoms with E-state index in [1.807, 2.05) is 25.6 Å². The third-order valence-corrected chi connectivity index (χ3v) is 10.9. The summed E-state index contributed by atoms with van der Waals surface area (Å²) in [5.74, 6) is 1.28. The molecule has 0 radical (unpaired) electrons. The molecule has 2 aromatic heterocycles. The molecule has 3 fully saturated rings. The first-order valence-electron chi connectivity index (χ1n) is 16.3. The molecule has 1 atom stereocenters. The van der Waals surface area contributed by atoms with Crippen LogP contribution in [0.5, 0.6) is 0 Å². The first-order chi connectivity index (χ1) is 20.9. The molecule has 43 heavy (non-hydrogen) atoms. The van der Waals surface area contributed by atoms with Crippen LogP contribution in [0.2, 0.25) is 0 Å². The normalized spacial score (nSPS) is 22.4. The fourth-order valence-electron chi connectivity index (χ4n) is 8.23. The minimum Gasteiger partial charge on any atom is -0.480 e. The van der Waals surface area contributed by atoms with Crippen LogP contribution in [0.3, 0.4) is 0 Å². The van der Waals surface area contributed by atoms with Crippen molar-refractivity contribution in [1.29, 1.82) is 0 Å². The lowest BCUT2D eigenvalue weighted by atomic mass is 9.72. The molecule has 2 saturated heterocycles. The van der Waals surface area contributed by atoms with Gasteiger partial charge in [-0.2, -0.15) is 0 Å². The Morgan fingerprint density at radius 3 is 2.37 bits per heavy atom. The third kappa shape index (κ3) is 6.74. The first kappa shape index (κ1) is 30.0. The van der Waals surface area contributed by atoms with Crippen molar-refractivity contribution < 1.29 is 9.90 Å². The summed E-state index contributed by atoms with van der Waals surface area (Å²) in [6.45, 7) is 8.38. The first-order valence-corrected chi connectivity index (χ1v) is 16.3. The van der Waals surface area contributed by atoms with Crippen LogP contribution in [0.15, 0.2) is 49.1 Å². The molecule has 9 heteroatoms. The number of carbonyl (C=O) groups is 1. The Balaban J connectivity index is 1.09. The Labute approximate surface area is 256 Å². The SMILES string of the molecule is CCC1(N2CCC3(CC2)C[C@@H](C(=O)O)N(Cc2ccc(CN(Cc4ncc[nH]4)Cc4nccn4C)cc2)C3)CCCCC1. The molecule has 0 unspecified atom stereocenters. The molecule has 1 spiro atoms. The molecule has 2 aliphatic heterocycles. The number of carboxylic acids is 1. The maximum atomic E-state index is 12.4. The number of benzene rings is 1. The summed E-state index contributed by atoms with van der Waals surface area (Å²) in [5, 5.41) is 10.2. The van der Waals surface area contributed by atoms with Crippen LogP contribution in [0.25, 0.3) is 0 Å². The van der Waals surface area contributed by atoms with Gasteiger partial charge in [0.25, 0.3) is 0 Å². The van der Waals surface area contributed by atoms with Crippen molar-refractivity contribution in [2.75, 3.05) is 19.6 Å². The molecule has 1 aliphatic carbocycles. The molecule has 0 bridgehead atoms. The minimum atomic E-state index is -0.670. The van der Waals surface area contributed by atoms with Crippen LogP contribution in [0, 0.1) is 5.41 Å². The number of H-pyrrole nitrogens is 1. The minimum absolute atomic E-state index is 0.125. The Kier molecular flexibility index (Phi) is 9.03. The molecule has 3 aromatic rings. The summed E-state index contributed by atoms with van der Waals surface area (Å²) < 4.78 is 2.06. The second-order valence-corrected chi connectivity index (χ2v) is 13.5. The van der Waals surface area contributed by atoms with Gasteiger partial charge >= 0.3 is 5.97 Å². The fourth-order valence-corrected chi connectivity index (χ4v) is 8.23. The highest BCUT2D eigenvalue weighted by atomic mass is 16.4. The number of rotatable bonds is 11. The Bertz CT molecular complexity index is 1320. The van der Waals surface area contributed by atoms with Crippen LogP contribution in [-0.4, -0.2) is 76.5 Å². The van der Waals surface area contributed by atoms with E-state index < -0.39 is 12.0 Å². The van der Waals surface area contributed by atoms with Gasteiger partial charge in [-0.25, -0.2) is 9.97 Å². The van der Waals surface area contributed by atoms with Gasteiger partial charge < -0.3 is 14.7 Å². The lowest BCUT2D eigenvalue weighted by Gasteiger charge is -2.51. The quantitative estimate of drug-likeness (QED) is 0.319.